The number of hydrogen-bond donors (Lipinski definition) is 1. The zero-order valence-electron chi connectivity index (χ0n) is 30.1. The summed E-state index contributed by atoms with van der Waals surface area (Å²) in [5, 5.41) is 16.6. The van der Waals surface area contributed by atoms with Gasteiger partial charge in [0, 0.05) is 29.5 Å². The number of para-hydroxylation sites is 1. The molecule has 1 atom stereocenters. The Hall–Kier alpha value is -3.53. The summed E-state index contributed by atoms with van der Waals surface area (Å²) in [6.07, 6.45) is 8.59. The maximum atomic E-state index is 13.5. The second-order valence-corrected chi connectivity index (χ2v) is 13.5. The molecule has 0 radical (unpaired) electrons. The van der Waals surface area contributed by atoms with Crippen LogP contribution < -0.4 is 9.47 Å². The number of nitrogens with zero attached hydrogens (tertiary/aromatic N) is 3. The molecular formula is C41H55F2N3O4. The van der Waals surface area contributed by atoms with E-state index in [4.69, 9.17) is 14.0 Å². The van der Waals surface area contributed by atoms with Crippen LogP contribution in [0.15, 0.2) is 65.2 Å². The van der Waals surface area contributed by atoms with E-state index in [0.717, 1.165) is 119 Å². The van der Waals surface area contributed by atoms with Gasteiger partial charge in [-0.2, -0.15) is 0 Å². The van der Waals surface area contributed by atoms with Gasteiger partial charge in [0.2, 0.25) is 0 Å². The zero-order chi connectivity index (χ0) is 35.3. The predicted molar refractivity (Wildman–Crippen MR) is 195 cm³/mol. The van der Waals surface area contributed by atoms with Crippen molar-refractivity contribution in [3.05, 3.63) is 89.1 Å². The lowest BCUT2D eigenvalue weighted by molar-refractivity contribution is 0.0572. The van der Waals surface area contributed by atoms with Gasteiger partial charge in [-0.1, -0.05) is 56.1 Å². The minimum atomic E-state index is -0.604. The van der Waals surface area contributed by atoms with Crippen LogP contribution in [0.1, 0.15) is 94.1 Å². The molecule has 0 bridgehead atoms. The van der Waals surface area contributed by atoms with E-state index < -0.39 is 6.10 Å². The van der Waals surface area contributed by atoms with Crippen molar-refractivity contribution in [2.45, 2.75) is 83.7 Å². The van der Waals surface area contributed by atoms with Gasteiger partial charge in [0.05, 0.1) is 25.5 Å². The molecular weight excluding hydrogens is 636 g/mol. The number of aliphatic hydroxyl groups excluding tert-OH is 1. The van der Waals surface area contributed by atoms with E-state index in [1.54, 1.807) is 13.2 Å². The number of piperidine rings is 2. The van der Waals surface area contributed by atoms with Crippen molar-refractivity contribution in [1.29, 1.82) is 0 Å². The third-order valence-electron chi connectivity index (χ3n) is 10.3. The van der Waals surface area contributed by atoms with Crippen molar-refractivity contribution < 1.29 is 27.9 Å². The molecule has 0 amide bonds. The molecule has 0 saturated carbocycles. The van der Waals surface area contributed by atoms with Gasteiger partial charge >= 0.3 is 0 Å². The molecule has 2 saturated heterocycles. The average molecular weight is 692 g/mol. The Balaban J connectivity index is 0.00000239. The highest BCUT2D eigenvalue weighted by molar-refractivity contribution is 5.79. The van der Waals surface area contributed by atoms with Gasteiger partial charge in [0.1, 0.15) is 11.6 Å². The smallest absolute Gasteiger partial charge is 0.170 e. The van der Waals surface area contributed by atoms with Crippen molar-refractivity contribution in [2.24, 2.45) is 5.92 Å². The Bertz CT molecular complexity index is 1580. The fourth-order valence-corrected chi connectivity index (χ4v) is 7.41. The highest BCUT2D eigenvalue weighted by Gasteiger charge is 2.29. The standard InChI is InChI=1S/C39H49F2N3O4.C2H6/c1-46-39-34(38(45)30-18-24-44(25-19-30)21-15-28-9-11-31(40)12-10-28)7-6-8-35(39)47-26-5-3-2-4-20-43-22-16-29(17-23-43)37-33-14-13-32(41)27-36(33)48-42-37;1-2/h6-14,27,29-30,38,45H,2-5,15-26H2,1H3;1-2H3. The lowest BCUT2D eigenvalue weighted by Gasteiger charge is -2.34. The van der Waals surface area contributed by atoms with E-state index in [0.29, 0.717) is 29.6 Å². The fourth-order valence-electron chi connectivity index (χ4n) is 7.41. The number of halogens is 2. The lowest BCUT2D eigenvalue weighted by Crippen LogP contribution is -2.36. The lowest BCUT2D eigenvalue weighted by atomic mass is 9.87. The SMILES string of the molecule is CC.COc1c(OCCCCCCN2CCC(c3noc4cc(F)ccc34)CC2)cccc1C(O)C1CCN(CCc2ccc(F)cc2)CC1. The van der Waals surface area contributed by atoms with Gasteiger partial charge in [-0.05, 0) is 119 Å². The summed E-state index contributed by atoms with van der Waals surface area (Å²) < 4.78 is 44.0. The predicted octanol–water partition coefficient (Wildman–Crippen LogP) is 8.95. The van der Waals surface area contributed by atoms with Crippen molar-refractivity contribution >= 4 is 11.0 Å². The zero-order valence-corrected chi connectivity index (χ0v) is 30.1. The Labute approximate surface area is 296 Å². The van der Waals surface area contributed by atoms with Crippen LogP contribution in [0, 0.1) is 17.6 Å². The minimum absolute atomic E-state index is 0.162. The number of aromatic nitrogens is 1. The number of ether oxygens (including phenoxy) is 2. The topological polar surface area (TPSA) is 71.2 Å². The summed E-state index contributed by atoms with van der Waals surface area (Å²) >= 11 is 0. The number of unbranched alkanes of at least 4 members (excludes halogenated alkanes) is 3. The van der Waals surface area contributed by atoms with Gasteiger partial charge in [-0.3, -0.25) is 0 Å². The van der Waals surface area contributed by atoms with Crippen molar-refractivity contribution in [2.75, 3.05) is 53.0 Å². The molecule has 2 aliphatic rings. The molecule has 3 aromatic carbocycles. The fraction of sp³-hybridized carbons (Fsp3) is 0.537. The van der Waals surface area contributed by atoms with Crippen molar-refractivity contribution in [3.8, 4) is 11.5 Å². The third-order valence-corrected chi connectivity index (χ3v) is 10.3. The summed E-state index contributed by atoms with van der Waals surface area (Å²) in [6.45, 7) is 10.6. The Morgan fingerprint density at radius 3 is 2.26 bits per heavy atom. The van der Waals surface area contributed by atoms with E-state index in [-0.39, 0.29) is 17.6 Å². The van der Waals surface area contributed by atoms with Crippen LogP contribution in [0.3, 0.4) is 0 Å². The molecule has 50 heavy (non-hydrogen) atoms. The Kier molecular flexibility index (Phi) is 14.5. The Morgan fingerprint density at radius 1 is 0.840 bits per heavy atom. The summed E-state index contributed by atoms with van der Waals surface area (Å²) in [5.41, 5.74) is 3.45. The number of benzene rings is 3. The monoisotopic (exact) mass is 691 g/mol. The number of hydrogen-bond acceptors (Lipinski definition) is 7. The molecule has 1 aromatic heterocycles. The summed E-state index contributed by atoms with van der Waals surface area (Å²) in [6, 6.07) is 17.3. The molecule has 272 valence electrons. The first-order valence-corrected chi connectivity index (χ1v) is 18.7. The van der Waals surface area contributed by atoms with Gasteiger partial charge < -0.3 is 28.9 Å². The van der Waals surface area contributed by atoms with Gasteiger partial charge in [-0.15, -0.1) is 0 Å². The van der Waals surface area contributed by atoms with Crippen LogP contribution in [-0.2, 0) is 6.42 Å². The molecule has 7 nitrogen and oxygen atoms in total. The van der Waals surface area contributed by atoms with E-state index in [2.05, 4.69) is 15.0 Å². The van der Waals surface area contributed by atoms with Crippen LogP contribution in [-0.4, -0.2) is 73.0 Å². The number of aliphatic hydroxyl groups is 1. The molecule has 0 spiro atoms. The average Bonchev–Trinajstić information content (AvgIpc) is 3.58. The van der Waals surface area contributed by atoms with Gasteiger partial charge in [0.25, 0.3) is 0 Å². The summed E-state index contributed by atoms with van der Waals surface area (Å²) in [4.78, 5) is 4.96. The molecule has 6 rings (SSSR count). The number of likely N-dealkylation sites (tertiary alicyclic amines) is 2. The first-order chi connectivity index (χ1) is 24.5. The third kappa shape index (κ3) is 10.0. The molecule has 1 unspecified atom stereocenters. The molecule has 0 aliphatic carbocycles. The highest BCUT2D eigenvalue weighted by atomic mass is 19.1. The van der Waals surface area contributed by atoms with E-state index in [9.17, 15) is 13.9 Å². The summed E-state index contributed by atoms with van der Waals surface area (Å²) in [5.74, 6) is 1.36. The van der Waals surface area contributed by atoms with E-state index in [1.807, 2.05) is 44.2 Å². The van der Waals surface area contributed by atoms with Crippen LogP contribution >= 0.6 is 0 Å². The molecule has 2 aliphatic heterocycles. The second-order valence-electron chi connectivity index (χ2n) is 13.5. The first kappa shape index (κ1) is 37.7. The molecule has 9 heteroatoms. The highest BCUT2D eigenvalue weighted by Crippen LogP contribution is 2.40. The second kappa shape index (κ2) is 19.2. The van der Waals surface area contributed by atoms with E-state index >= 15 is 0 Å². The van der Waals surface area contributed by atoms with Gasteiger partial charge in [0.15, 0.2) is 17.1 Å². The van der Waals surface area contributed by atoms with E-state index in [1.165, 1.54) is 24.3 Å². The molecule has 3 heterocycles. The molecule has 2 fully saturated rings. The number of fused-ring (bicyclic) bond motifs is 1. The molecule has 1 N–H and O–H groups in total. The van der Waals surface area contributed by atoms with Crippen molar-refractivity contribution in [1.82, 2.24) is 15.0 Å². The molecule has 4 aromatic rings. The quantitative estimate of drug-likeness (QED) is 0.125. The minimum Gasteiger partial charge on any atom is -0.492 e. The van der Waals surface area contributed by atoms with Gasteiger partial charge in [-0.25, -0.2) is 8.78 Å². The van der Waals surface area contributed by atoms with Crippen LogP contribution in [0.4, 0.5) is 8.78 Å². The Morgan fingerprint density at radius 2 is 1.52 bits per heavy atom. The summed E-state index contributed by atoms with van der Waals surface area (Å²) in [7, 11) is 1.65. The number of methoxy groups -OCH3 is 1. The van der Waals surface area contributed by atoms with Crippen LogP contribution in [0.2, 0.25) is 0 Å². The first-order valence-electron chi connectivity index (χ1n) is 18.7. The maximum Gasteiger partial charge on any atom is 0.170 e. The number of rotatable bonds is 15. The van der Waals surface area contributed by atoms with Crippen molar-refractivity contribution in [3.63, 3.8) is 0 Å². The maximum absolute atomic E-state index is 13.5. The normalized spacial score (nSPS) is 17.0. The van der Waals surface area contributed by atoms with Crippen LogP contribution in [0.5, 0.6) is 11.5 Å². The van der Waals surface area contributed by atoms with Crippen LogP contribution in [0.25, 0.3) is 11.0 Å². The largest absolute Gasteiger partial charge is 0.492 e.